The van der Waals surface area contributed by atoms with Crippen LogP contribution >= 0.6 is 0 Å². The molecule has 1 saturated heterocycles. The normalized spacial score (nSPS) is 30.9. The Morgan fingerprint density at radius 2 is 1.86 bits per heavy atom. The van der Waals surface area contributed by atoms with E-state index >= 15 is 0 Å². The molecule has 1 N–H and O–H groups in total. The van der Waals surface area contributed by atoms with E-state index in [4.69, 9.17) is 0 Å². The topological polar surface area (TPSA) is 57.6 Å². The van der Waals surface area contributed by atoms with Crippen LogP contribution in [0.4, 0.5) is 0 Å². The third-order valence-electron chi connectivity index (χ3n) is 2.53. The van der Waals surface area contributed by atoms with Gasteiger partial charge in [0.1, 0.15) is 0 Å². The molecular formula is C9H19NO3S. The Morgan fingerprint density at radius 3 is 2.14 bits per heavy atom. The van der Waals surface area contributed by atoms with Gasteiger partial charge in [-0.3, -0.25) is 0 Å². The van der Waals surface area contributed by atoms with Crippen LogP contribution in [0.3, 0.4) is 0 Å². The van der Waals surface area contributed by atoms with Crippen molar-refractivity contribution in [2.45, 2.75) is 44.5 Å². The molecule has 0 aromatic rings. The smallest absolute Gasteiger partial charge is 0.219 e. The fourth-order valence-electron chi connectivity index (χ4n) is 1.50. The zero-order chi connectivity index (χ0) is 11.2. The Labute approximate surface area is 86.0 Å². The van der Waals surface area contributed by atoms with Gasteiger partial charge in [-0.15, -0.1) is 0 Å². The summed E-state index contributed by atoms with van der Waals surface area (Å²) in [5.41, 5.74) is -0.863. The third kappa shape index (κ3) is 2.10. The van der Waals surface area contributed by atoms with Crippen molar-refractivity contribution < 1.29 is 13.5 Å². The number of hydrogen-bond acceptors (Lipinski definition) is 3. The molecule has 0 amide bonds. The lowest BCUT2D eigenvalue weighted by atomic mass is 10.1. The predicted octanol–water partition coefficient (Wildman–Crippen LogP) is 0.571. The fourth-order valence-corrected chi connectivity index (χ4v) is 3.05. The van der Waals surface area contributed by atoms with Crippen LogP contribution in [0.2, 0.25) is 0 Å². The number of rotatable bonds is 1. The Morgan fingerprint density at radius 1 is 1.36 bits per heavy atom. The average molecular weight is 221 g/mol. The second-order valence-corrected chi connectivity index (χ2v) is 7.89. The molecule has 0 aromatic heterocycles. The molecular weight excluding hydrogens is 202 g/mol. The Hall–Kier alpha value is -0.130. The third-order valence-corrected chi connectivity index (χ3v) is 5.07. The summed E-state index contributed by atoms with van der Waals surface area (Å²) in [5, 5.41) is 9.69. The number of hydrogen-bond donors (Lipinski definition) is 1. The van der Waals surface area contributed by atoms with Crippen LogP contribution in [0.25, 0.3) is 0 Å². The lowest BCUT2D eigenvalue weighted by Crippen LogP contribution is -2.43. The lowest BCUT2D eigenvalue weighted by Gasteiger charge is -2.27. The number of sulfonamides is 1. The molecule has 1 atom stereocenters. The highest BCUT2D eigenvalue weighted by molar-refractivity contribution is 7.90. The minimum absolute atomic E-state index is 0.215. The highest BCUT2D eigenvalue weighted by Gasteiger charge is 2.42. The molecule has 1 unspecified atom stereocenters. The van der Waals surface area contributed by atoms with Gasteiger partial charge in [0.05, 0.1) is 10.3 Å². The summed E-state index contributed by atoms with van der Waals surface area (Å²) in [6.07, 6.45) is 0.516. The summed E-state index contributed by atoms with van der Waals surface area (Å²) in [4.78, 5) is 0. The van der Waals surface area contributed by atoms with Crippen molar-refractivity contribution >= 4 is 10.0 Å². The van der Waals surface area contributed by atoms with E-state index in [9.17, 15) is 13.5 Å². The van der Waals surface area contributed by atoms with Crippen molar-refractivity contribution in [3.63, 3.8) is 0 Å². The van der Waals surface area contributed by atoms with E-state index in [0.717, 1.165) is 0 Å². The quantitative estimate of drug-likeness (QED) is 0.704. The van der Waals surface area contributed by atoms with Crippen molar-refractivity contribution in [1.82, 2.24) is 4.31 Å². The van der Waals surface area contributed by atoms with E-state index in [1.807, 2.05) is 0 Å². The van der Waals surface area contributed by atoms with E-state index in [2.05, 4.69) is 0 Å². The standard InChI is InChI=1S/C9H19NO3S/c1-8(2,3)14(12,13)10-6-5-9(4,11)7-10/h11H,5-7H2,1-4H3. The van der Waals surface area contributed by atoms with E-state index in [1.165, 1.54) is 4.31 Å². The maximum Gasteiger partial charge on any atom is 0.219 e. The van der Waals surface area contributed by atoms with Gasteiger partial charge in [-0.25, -0.2) is 8.42 Å². The molecule has 0 spiro atoms. The van der Waals surface area contributed by atoms with Gasteiger partial charge in [-0.05, 0) is 34.1 Å². The maximum absolute atomic E-state index is 12.0. The van der Waals surface area contributed by atoms with E-state index in [-0.39, 0.29) is 6.54 Å². The summed E-state index contributed by atoms with van der Waals surface area (Å²) in [6.45, 7) is 7.34. The summed E-state index contributed by atoms with van der Waals surface area (Å²) < 4.78 is 24.5. The first kappa shape index (κ1) is 11.9. The molecule has 1 aliphatic rings. The SMILES string of the molecule is CC1(O)CCN(S(=O)(=O)C(C)(C)C)C1. The molecule has 1 rings (SSSR count). The molecule has 1 fully saturated rings. The van der Waals surface area contributed by atoms with Crippen LogP contribution in [0.1, 0.15) is 34.1 Å². The van der Waals surface area contributed by atoms with Crippen LogP contribution in [-0.4, -0.2) is 41.3 Å². The molecule has 0 radical (unpaired) electrons. The summed E-state index contributed by atoms with van der Waals surface area (Å²) in [6, 6.07) is 0. The number of nitrogens with zero attached hydrogens (tertiary/aromatic N) is 1. The molecule has 84 valence electrons. The van der Waals surface area contributed by atoms with Crippen LogP contribution in [0, 0.1) is 0 Å². The van der Waals surface area contributed by atoms with Crippen molar-refractivity contribution in [2.75, 3.05) is 13.1 Å². The molecule has 0 bridgehead atoms. The van der Waals surface area contributed by atoms with Crippen LogP contribution in [-0.2, 0) is 10.0 Å². The fraction of sp³-hybridized carbons (Fsp3) is 1.00. The first-order chi connectivity index (χ1) is 6.06. The summed E-state index contributed by atoms with van der Waals surface area (Å²) in [7, 11) is -3.27. The highest BCUT2D eigenvalue weighted by atomic mass is 32.2. The molecule has 0 aliphatic carbocycles. The molecule has 0 aromatic carbocycles. The molecule has 1 heterocycles. The first-order valence-electron chi connectivity index (χ1n) is 4.78. The van der Waals surface area contributed by atoms with Gasteiger partial charge in [0.15, 0.2) is 0 Å². The first-order valence-corrected chi connectivity index (χ1v) is 6.22. The number of aliphatic hydroxyl groups is 1. The zero-order valence-corrected chi connectivity index (χ0v) is 10.1. The van der Waals surface area contributed by atoms with E-state index in [0.29, 0.717) is 13.0 Å². The van der Waals surface area contributed by atoms with Crippen molar-refractivity contribution in [3.05, 3.63) is 0 Å². The van der Waals surface area contributed by atoms with Gasteiger partial charge in [0, 0.05) is 13.1 Å². The lowest BCUT2D eigenvalue weighted by molar-refractivity contribution is 0.0761. The summed E-state index contributed by atoms with van der Waals surface area (Å²) in [5.74, 6) is 0. The molecule has 5 heteroatoms. The van der Waals surface area contributed by atoms with Crippen LogP contribution in [0.15, 0.2) is 0 Å². The van der Waals surface area contributed by atoms with Gasteiger partial charge in [0.2, 0.25) is 10.0 Å². The van der Waals surface area contributed by atoms with Crippen LogP contribution < -0.4 is 0 Å². The van der Waals surface area contributed by atoms with Gasteiger partial charge < -0.3 is 5.11 Å². The average Bonchev–Trinajstić information content (AvgIpc) is 2.28. The van der Waals surface area contributed by atoms with Gasteiger partial charge in [-0.1, -0.05) is 0 Å². The minimum atomic E-state index is -3.27. The zero-order valence-electron chi connectivity index (χ0n) is 9.24. The van der Waals surface area contributed by atoms with Gasteiger partial charge in [-0.2, -0.15) is 4.31 Å². The second kappa shape index (κ2) is 3.18. The number of β-amino-alcohol motifs (C(OH)–C–C–N with tert-alkyl or cyclic N) is 1. The van der Waals surface area contributed by atoms with Gasteiger partial charge in [0.25, 0.3) is 0 Å². The Balaban J connectivity index is 2.89. The summed E-state index contributed by atoms with van der Waals surface area (Å²) >= 11 is 0. The molecule has 4 nitrogen and oxygen atoms in total. The highest BCUT2D eigenvalue weighted by Crippen LogP contribution is 2.28. The van der Waals surface area contributed by atoms with Crippen molar-refractivity contribution in [1.29, 1.82) is 0 Å². The molecule has 14 heavy (non-hydrogen) atoms. The molecule has 1 aliphatic heterocycles. The minimum Gasteiger partial charge on any atom is -0.389 e. The van der Waals surface area contributed by atoms with Gasteiger partial charge >= 0.3 is 0 Å². The maximum atomic E-state index is 12.0. The monoisotopic (exact) mass is 221 g/mol. The van der Waals surface area contributed by atoms with Crippen molar-refractivity contribution in [3.8, 4) is 0 Å². The van der Waals surface area contributed by atoms with Crippen molar-refractivity contribution in [2.24, 2.45) is 0 Å². The van der Waals surface area contributed by atoms with E-state index in [1.54, 1.807) is 27.7 Å². The largest absolute Gasteiger partial charge is 0.389 e. The Kier molecular flexibility index (Phi) is 2.71. The van der Waals surface area contributed by atoms with E-state index < -0.39 is 20.4 Å². The Bertz CT molecular complexity index is 313. The second-order valence-electron chi connectivity index (χ2n) is 5.20. The predicted molar refractivity (Wildman–Crippen MR) is 55.5 cm³/mol. The van der Waals surface area contributed by atoms with Crippen LogP contribution in [0.5, 0.6) is 0 Å². The molecule has 0 saturated carbocycles.